The zero-order valence-electron chi connectivity index (χ0n) is 8.07. The Morgan fingerprint density at radius 3 is 3.07 bits per heavy atom. The van der Waals surface area contributed by atoms with Gasteiger partial charge < -0.3 is 10.2 Å². The lowest BCUT2D eigenvalue weighted by molar-refractivity contribution is 0.156. The smallest absolute Gasteiger partial charge is 0.208 e. The van der Waals surface area contributed by atoms with Gasteiger partial charge in [0.15, 0.2) is 0 Å². The molecule has 4 nitrogen and oxygen atoms in total. The number of hydrogen-bond donors (Lipinski definition) is 1. The second kappa shape index (κ2) is 3.17. The third kappa shape index (κ3) is 1.31. The zero-order chi connectivity index (χ0) is 9.43. The Bertz CT molecular complexity index is 297. The van der Waals surface area contributed by atoms with Crippen LogP contribution >= 0.6 is 11.3 Å². The lowest BCUT2D eigenvalue weighted by atomic mass is 9.74. The highest BCUT2D eigenvalue weighted by molar-refractivity contribution is 7.13. The summed E-state index contributed by atoms with van der Waals surface area (Å²) >= 11 is 1.64. The van der Waals surface area contributed by atoms with Gasteiger partial charge in [0, 0.05) is 25.0 Å². The molecule has 0 amide bonds. The van der Waals surface area contributed by atoms with Gasteiger partial charge >= 0.3 is 0 Å². The van der Waals surface area contributed by atoms with Crippen molar-refractivity contribution in [1.29, 1.82) is 0 Å². The first-order chi connectivity index (χ1) is 6.88. The van der Waals surface area contributed by atoms with Crippen molar-refractivity contribution in [3.05, 3.63) is 5.51 Å². The van der Waals surface area contributed by atoms with E-state index in [1.807, 2.05) is 0 Å². The van der Waals surface area contributed by atoms with Crippen LogP contribution in [0.4, 0.5) is 5.13 Å². The van der Waals surface area contributed by atoms with Gasteiger partial charge in [0.2, 0.25) is 5.13 Å². The second-order valence-corrected chi connectivity index (χ2v) is 5.17. The molecule has 1 aromatic rings. The summed E-state index contributed by atoms with van der Waals surface area (Å²) in [6.45, 7) is 4.70. The summed E-state index contributed by atoms with van der Waals surface area (Å²) in [5, 5.41) is 12.5. The molecule has 5 heteroatoms. The predicted molar refractivity (Wildman–Crippen MR) is 56.7 cm³/mol. The summed E-state index contributed by atoms with van der Waals surface area (Å²) in [4.78, 5) is 2.34. The van der Waals surface area contributed by atoms with Crippen LogP contribution in [-0.2, 0) is 0 Å². The minimum absolute atomic E-state index is 0.546. The Labute approximate surface area is 87.3 Å². The van der Waals surface area contributed by atoms with E-state index in [0.717, 1.165) is 18.2 Å². The lowest BCUT2D eigenvalue weighted by Gasteiger charge is -2.52. The van der Waals surface area contributed by atoms with Crippen LogP contribution in [0.3, 0.4) is 0 Å². The number of rotatable bonds is 1. The molecule has 2 fully saturated rings. The van der Waals surface area contributed by atoms with Gasteiger partial charge in [-0.1, -0.05) is 11.3 Å². The highest BCUT2D eigenvalue weighted by atomic mass is 32.1. The van der Waals surface area contributed by atoms with Crippen LogP contribution in [0.1, 0.15) is 12.8 Å². The molecule has 2 aliphatic rings. The first-order valence-electron chi connectivity index (χ1n) is 5.10. The molecule has 76 valence electrons. The number of nitrogens with zero attached hydrogens (tertiary/aromatic N) is 3. The molecule has 0 atom stereocenters. The fourth-order valence-electron chi connectivity index (χ4n) is 2.50. The van der Waals surface area contributed by atoms with Gasteiger partial charge in [0.25, 0.3) is 0 Å². The average molecular weight is 210 g/mol. The highest BCUT2D eigenvalue weighted by Gasteiger charge is 2.44. The van der Waals surface area contributed by atoms with Crippen LogP contribution in [0.15, 0.2) is 5.51 Å². The molecule has 3 heterocycles. The van der Waals surface area contributed by atoms with E-state index in [-0.39, 0.29) is 0 Å². The molecule has 3 rings (SSSR count). The first-order valence-corrected chi connectivity index (χ1v) is 5.98. The molecule has 0 aromatic carbocycles. The molecule has 2 saturated heterocycles. The number of nitrogens with one attached hydrogen (secondary N) is 1. The standard InChI is InChI=1S/C9H14N4S/c1-2-9(4-10-3-1)5-13(6-9)8-12-11-7-14-8/h7,10H,1-6H2. The number of piperidine rings is 1. The summed E-state index contributed by atoms with van der Waals surface area (Å²) in [6.07, 6.45) is 2.69. The van der Waals surface area contributed by atoms with Crippen LogP contribution < -0.4 is 10.2 Å². The van der Waals surface area contributed by atoms with Crippen LogP contribution in [0, 0.1) is 5.41 Å². The van der Waals surface area contributed by atoms with E-state index < -0.39 is 0 Å². The van der Waals surface area contributed by atoms with E-state index in [1.54, 1.807) is 16.8 Å². The van der Waals surface area contributed by atoms with E-state index in [1.165, 1.54) is 25.9 Å². The second-order valence-electron chi connectivity index (χ2n) is 4.36. The monoisotopic (exact) mass is 210 g/mol. The Morgan fingerprint density at radius 2 is 2.43 bits per heavy atom. The van der Waals surface area contributed by atoms with Crippen molar-refractivity contribution in [2.45, 2.75) is 12.8 Å². The fraction of sp³-hybridized carbons (Fsp3) is 0.778. The maximum atomic E-state index is 4.09. The van der Waals surface area contributed by atoms with Crippen molar-refractivity contribution >= 4 is 16.5 Å². The summed E-state index contributed by atoms with van der Waals surface area (Å²) in [5.74, 6) is 0. The third-order valence-corrected chi connectivity index (χ3v) is 3.98. The molecule has 0 aliphatic carbocycles. The van der Waals surface area contributed by atoms with Gasteiger partial charge in [-0.15, -0.1) is 10.2 Å². The SMILES string of the molecule is c1nnc(N2CC3(CCCNC3)C2)s1. The van der Waals surface area contributed by atoms with Crippen LogP contribution in [0.25, 0.3) is 0 Å². The van der Waals surface area contributed by atoms with Crippen molar-refractivity contribution < 1.29 is 0 Å². The molecule has 1 spiro atoms. The summed E-state index contributed by atoms with van der Waals surface area (Å²) in [7, 11) is 0. The van der Waals surface area contributed by atoms with Gasteiger partial charge in [-0.05, 0) is 19.4 Å². The zero-order valence-corrected chi connectivity index (χ0v) is 8.89. The van der Waals surface area contributed by atoms with Gasteiger partial charge in [0.05, 0.1) is 0 Å². The van der Waals surface area contributed by atoms with Crippen molar-refractivity contribution in [3.8, 4) is 0 Å². The molecule has 2 aliphatic heterocycles. The third-order valence-electron chi connectivity index (χ3n) is 3.23. The van der Waals surface area contributed by atoms with Crippen LogP contribution in [-0.4, -0.2) is 36.4 Å². The molecular weight excluding hydrogens is 196 g/mol. The summed E-state index contributed by atoms with van der Waals surface area (Å²) < 4.78 is 0. The molecular formula is C9H14N4S. The Kier molecular flexibility index (Phi) is 1.95. The topological polar surface area (TPSA) is 41.1 Å². The van der Waals surface area contributed by atoms with Gasteiger partial charge in [-0.3, -0.25) is 0 Å². The molecule has 1 N–H and O–H groups in total. The summed E-state index contributed by atoms with van der Waals surface area (Å²) in [5.41, 5.74) is 2.35. The lowest BCUT2D eigenvalue weighted by Crippen LogP contribution is -2.62. The van der Waals surface area contributed by atoms with E-state index in [9.17, 15) is 0 Å². The van der Waals surface area contributed by atoms with Crippen molar-refractivity contribution in [3.63, 3.8) is 0 Å². The van der Waals surface area contributed by atoms with Gasteiger partial charge in [0.1, 0.15) is 5.51 Å². The first kappa shape index (κ1) is 8.61. The molecule has 0 saturated carbocycles. The highest BCUT2D eigenvalue weighted by Crippen LogP contribution is 2.39. The Morgan fingerprint density at radius 1 is 1.50 bits per heavy atom. The van der Waals surface area contributed by atoms with Crippen LogP contribution in [0.2, 0.25) is 0 Å². The quantitative estimate of drug-likeness (QED) is 0.742. The maximum absolute atomic E-state index is 4.09. The van der Waals surface area contributed by atoms with E-state index in [0.29, 0.717) is 5.41 Å². The largest absolute Gasteiger partial charge is 0.345 e. The van der Waals surface area contributed by atoms with E-state index >= 15 is 0 Å². The molecule has 14 heavy (non-hydrogen) atoms. The number of anilines is 1. The molecule has 0 unspecified atom stereocenters. The molecule has 0 radical (unpaired) electrons. The average Bonchev–Trinajstić information content (AvgIpc) is 2.68. The molecule has 0 bridgehead atoms. The van der Waals surface area contributed by atoms with Crippen molar-refractivity contribution in [2.75, 3.05) is 31.1 Å². The Balaban J connectivity index is 1.65. The fourth-order valence-corrected chi connectivity index (χ4v) is 3.06. The van der Waals surface area contributed by atoms with E-state index in [4.69, 9.17) is 0 Å². The number of hydrogen-bond acceptors (Lipinski definition) is 5. The maximum Gasteiger partial charge on any atom is 0.208 e. The molecule has 1 aromatic heterocycles. The minimum Gasteiger partial charge on any atom is -0.345 e. The van der Waals surface area contributed by atoms with Gasteiger partial charge in [-0.25, -0.2) is 0 Å². The van der Waals surface area contributed by atoms with Crippen molar-refractivity contribution in [2.24, 2.45) is 5.41 Å². The normalized spacial score (nSPS) is 25.0. The van der Waals surface area contributed by atoms with Gasteiger partial charge in [-0.2, -0.15) is 0 Å². The Hall–Kier alpha value is -0.680. The predicted octanol–water partition coefficient (Wildman–Crippen LogP) is 0.728. The minimum atomic E-state index is 0.546. The van der Waals surface area contributed by atoms with Crippen LogP contribution in [0.5, 0.6) is 0 Å². The van der Waals surface area contributed by atoms with Crippen molar-refractivity contribution in [1.82, 2.24) is 15.5 Å². The van der Waals surface area contributed by atoms with E-state index in [2.05, 4.69) is 20.4 Å². The summed E-state index contributed by atoms with van der Waals surface area (Å²) in [6, 6.07) is 0. The number of aromatic nitrogens is 2.